The summed E-state index contributed by atoms with van der Waals surface area (Å²) >= 11 is 0. The van der Waals surface area contributed by atoms with Crippen molar-refractivity contribution in [3.05, 3.63) is 23.8 Å². The van der Waals surface area contributed by atoms with Gasteiger partial charge in [0.1, 0.15) is 0 Å². The number of hydrogen-bond donors (Lipinski definition) is 2. The molecule has 0 aromatic heterocycles. The normalized spacial score (nSPS) is 11.1. The number of phenolic OH excluding ortho intramolecular Hbond substituents is 1. The van der Waals surface area contributed by atoms with Gasteiger partial charge in [-0.25, -0.2) is 5.43 Å². The van der Waals surface area contributed by atoms with Crippen LogP contribution in [0.4, 0.5) is 0 Å². The Bertz CT molecular complexity index is 587. The van der Waals surface area contributed by atoms with E-state index in [0.29, 0.717) is 12.2 Å². The first-order valence-corrected chi connectivity index (χ1v) is 11.4. The lowest BCUT2D eigenvalue weighted by atomic mass is 10.0. The Kier molecular flexibility index (Phi) is 14.5. The molecule has 1 aromatic rings. The molecule has 29 heavy (non-hydrogen) atoms. The second kappa shape index (κ2) is 16.9. The summed E-state index contributed by atoms with van der Waals surface area (Å²) in [5.41, 5.74) is 3.30. The Labute approximate surface area is 176 Å². The van der Waals surface area contributed by atoms with Gasteiger partial charge in [0, 0.05) is 6.42 Å². The number of nitrogens with one attached hydrogen (secondary N) is 1. The molecule has 0 aliphatic heterocycles. The van der Waals surface area contributed by atoms with Crippen LogP contribution in [-0.2, 0) is 4.79 Å². The van der Waals surface area contributed by atoms with E-state index < -0.39 is 0 Å². The van der Waals surface area contributed by atoms with Gasteiger partial charge in [-0.2, -0.15) is 5.10 Å². The second-order valence-corrected chi connectivity index (χ2v) is 7.72. The molecule has 0 fully saturated rings. The van der Waals surface area contributed by atoms with Crippen molar-refractivity contribution in [2.45, 2.75) is 96.8 Å². The third-order valence-corrected chi connectivity index (χ3v) is 5.11. The Hall–Kier alpha value is -2.04. The predicted molar refractivity (Wildman–Crippen MR) is 121 cm³/mol. The van der Waals surface area contributed by atoms with Gasteiger partial charge in [-0.3, -0.25) is 4.79 Å². The molecule has 0 bridgehead atoms. The molecule has 0 saturated heterocycles. The molecule has 0 unspecified atom stereocenters. The van der Waals surface area contributed by atoms with Gasteiger partial charge in [-0.1, -0.05) is 84.0 Å². The first-order valence-electron chi connectivity index (χ1n) is 11.4. The smallest absolute Gasteiger partial charge is 0.240 e. The average molecular weight is 405 g/mol. The van der Waals surface area contributed by atoms with E-state index in [1.807, 2.05) is 0 Å². The molecule has 0 aliphatic carbocycles. The Balaban J connectivity index is 1.96. The predicted octanol–water partition coefficient (Wildman–Crippen LogP) is 6.33. The molecule has 0 aliphatic rings. The van der Waals surface area contributed by atoms with E-state index in [1.165, 1.54) is 83.8 Å². The van der Waals surface area contributed by atoms with Crippen LogP contribution in [0.15, 0.2) is 23.3 Å². The van der Waals surface area contributed by atoms with Crippen LogP contribution < -0.4 is 10.2 Å². The van der Waals surface area contributed by atoms with Crippen LogP contribution in [0.2, 0.25) is 0 Å². The van der Waals surface area contributed by atoms with Crippen molar-refractivity contribution < 1.29 is 14.6 Å². The minimum atomic E-state index is -0.0601. The monoisotopic (exact) mass is 404 g/mol. The van der Waals surface area contributed by atoms with Crippen molar-refractivity contribution in [1.29, 1.82) is 0 Å². The van der Waals surface area contributed by atoms with Crippen molar-refractivity contribution in [3.63, 3.8) is 0 Å². The maximum absolute atomic E-state index is 11.8. The molecule has 1 amide bonds. The van der Waals surface area contributed by atoms with Crippen LogP contribution in [0.25, 0.3) is 0 Å². The first kappa shape index (κ1) is 25.0. The van der Waals surface area contributed by atoms with Gasteiger partial charge < -0.3 is 9.84 Å². The standard InChI is InChI=1S/C24H40N2O3/c1-3-4-5-6-7-8-9-10-11-12-13-14-15-16-24(28)26-25-20-21-17-18-22(27)23(19-21)29-2/h17-20,27H,3-16H2,1-2H3,(H,26,28). The minimum Gasteiger partial charge on any atom is -0.504 e. The van der Waals surface area contributed by atoms with E-state index in [4.69, 9.17) is 4.74 Å². The zero-order valence-corrected chi connectivity index (χ0v) is 18.4. The number of phenols is 1. The molecule has 164 valence electrons. The fourth-order valence-corrected chi connectivity index (χ4v) is 3.31. The zero-order valence-electron chi connectivity index (χ0n) is 18.4. The second-order valence-electron chi connectivity index (χ2n) is 7.72. The highest BCUT2D eigenvalue weighted by atomic mass is 16.5. The van der Waals surface area contributed by atoms with Crippen molar-refractivity contribution >= 4 is 12.1 Å². The number of rotatable bonds is 17. The van der Waals surface area contributed by atoms with Crippen LogP contribution in [-0.4, -0.2) is 24.3 Å². The molecular formula is C24H40N2O3. The first-order chi connectivity index (χ1) is 14.2. The minimum absolute atomic E-state index is 0.0601. The number of unbranched alkanes of at least 4 members (excludes halogenated alkanes) is 12. The summed E-state index contributed by atoms with van der Waals surface area (Å²) in [6.45, 7) is 2.26. The largest absolute Gasteiger partial charge is 0.504 e. The van der Waals surface area contributed by atoms with E-state index in [0.717, 1.165) is 18.4 Å². The highest BCUT2D eigenvalue weighted by Gasteiger charge is 2.02. The average Bonchev–Trinajstić information content (AvgIpc) is 2.72. The molecular weight excluding hydrogens is 364 g/mol. The summed E-state index contributed by atoms with van der Waals surface area (Å²) in [6, 6.07) is 4.91. The number of aromatic hydroxyl groups is 1. The molecule has 0 heterocycles. The Morgan fingerprint density at radius 1 is 0.966 bits per heavy atom. The Morgan fingerprint density at radius 2 is 1.52 bits per heavy atom. The van der Waals surface area contributed by atoms with E-state index in [2.05, 4.69) is 17.5 Å². The summed E-state index contributed by atoms with van der Waals surface area (Å²) < 4.78 is 5.04. The summed E-state index contributed by atoms with van der Waals surface area (Å²) in [7, 11) is 1.49. The molecule has 0 atom stereocenters. The summed E-state index contributed by atoms with van der Waals surface area (Å²) in [5, 5.41) is 13.5. The lowest BCUT2D eigenvalue weighted by Gasteiger charge is -2.04. The van der Waals surface area contributed by atoms with Gasteiger partial charge in [0.05, 0.1) is 13.3 Å². The third kappa shape index (κ3) is 12.9. The van der Waals surface area contributed by atoms with Gasteiger partial charge in [-0.05, 0) is 30.2 Å². The van der Waals surface area contributed by atoms with Gasteiger partial charge in [-0.15, -0.1) is 0 Å². The Morgan fingerprint density at radius 3 is 2.07 bits per heavy atom. The molecule has 5 nitrogen and oxygen atoms in total. The van der Waals surface area contributed by atoms with Gasteiger partial charge in [0.25, 0.3) is 0 Å². The van der Waals surface area contributed by atoms with Crippen LogP contribution in [0.1, 0.15) is 102 Å². The number of carbonyl (C=O) groups is 1. The maximum atomic E-state index is 11.8. The van der Waals surface area contributed by atoms with Crippen LogP contribution in [0, 0.1) is 0 Å². The lowest BCUT2D eigenvalue weighted by molar-refractivity contribution is -0.121. The zero-order chi connectivity index (χ0) is 21.2. The van der Waals surface area contributed by atoms with Crippen molar-refractivity contribution in [3.8, 4) is 11.5 Å². The van der Waals surface area contributed by atoms with Gasteiger partial charge >= 0.3 is 0 Å². The third-order valence-electron chi connectivity index (χ3n) is 5.11. The maximum Gasteiger partial charge on any atom is 0.240 e. The molecule has 1 aromatic carbocycles. The van der Waals surface area contributed by atoms with Crippen molar-refractivity contribution in [2.75, 3.05) is 7.11 Å². The molecule has 0 radical (unpaired) electrons. The molecule has 5 heteroatoms. The number of hydrogen-bond acceptors (Lipinski definition) is 4. The number of benzene rings is 1. The van der Waals surface area contributed by atoms with Crippen molar-refractivity contribution in [2.24, 2.45) is 5.10 Å². The van der Waals surface area contributed by atoms with E-state index in [9.17, 15) is 9.90 Å². The quantitative estimate of drug-likeness (QED) is 0.181. The molecule has 0 spiro atoms. The fourth-order valence-electron chi connectivity index (χ4n) is 3.31. The number of methoxy groups -OCH3 is 1. The van der Waals surface area contributed by atoms with E-state index in [1.54, 1.807) is 18.3 Å². The van der Waals surface area contributed by atoms with Crippen LogP contribution in [0.5, 0.6) is 11.5 Å². The fraction of sp³-hybridized carbons (Fsp3) is 0.667. The summed E-state index contributed by atoms with van der Waals surface area (Å²) in [5.74, 6) is 0.401. The highest BCUT2D eigenvalue weighted by molar-refractivity contribution is 5.83. The van der Waals surface area contributed by atoms with E-state index in [-0.39, 0.29) is 11.7 Å². The van der Waals surface area contributed by atoms with Gasteiger partial charge in [0.15, 0.2) is 11.5 Å². The molecule has 2 N–H and O–H groups in total. The summed E-state index contributed by atoms with van der Waals surface area (Å²) in [4.78, 5) is 11.8. The number of amides is 1. The highest BCUT2D eigenvalue weighted by Crippen LogP contribution is 2.25. The number of hydrazone groups is 1. The van der Waals surface area contributed by atoms with Gasteiger partial charge in [0.2, 0.25) is 5.91 Å². The van der Waals surface area contributed by atoms with Crippen LogP contribution >= 0.6 is 0 Å². The van der Waals surface area contributed by atoms with E-state index >= 15 is 0 Å². The number of carbonyl (C=O) groups excluding carboxylic acids is 1. The molecule has 1 rings (SSSR count). The lowest BCUT2D eigenvalue weighted by Crippen LogP contribution is -2.16. The van der Waals surface area contributed by atoms with Crippen LogP contribution in [0.3, 0.4) is 0 Å². The number of ether oxygens (including phenoxy) is 1. The summed E-state index contributed by atoms with van der Waals surface area (Å²) in [6.07, 6.45) is 18.9. The number of nitrogens with zero attached hydrogens (tertiary/aromatic N) is 1. The topological polar surface area (TPSA) is 70.9 Å². The molecule has 0 saturated carbocycles. The van der Waals surface area contributed by atoms with Crippen molar-refractivity contribution in [1.82, 2.24) is 5.43 Å². The SMILES string of the molecule is CCCCCCCCCCCCCCCC(=O)NN=Cc1ccc(O)c(OC)c1.